The van der Waals surface area contributed by atoms with Gasteiger partial charge in [0.2, 0.25) is 5.91 Å². The third-order valence-electron chi connectivity index (χ3n) is 5.12. The third-order valence-corrected chi connectivity index (χ3v) is 5.12. The van der Waals surface area contributed by atoms with E-state index in [0.29, 0.717) is 37.1 Å². The van der Waals surface area contributed by atoms with E-state index in [2.05, 4.69) is 20.9 Å². The highest BCUT2D eigenvalue weighted by atomic mass is 127. The van der Waals surface area contributed by atoms with Gasteiger partial charge in [-0.1, -0.05) is 31.4 Å². The molecule has 1 aliphatic rings. The van der Waals surface area contributed by atoms with Crippen molar-refractivity contribution < 1.29 is 9.59 Å². The molecule has 0 aromatic heterocycles. The Morgan fingerprint density at radius 2 is 1.80 bits per heavy atom. The molecule has 30 heavy (non-hydrogen) atoms. The smallest absolute Gasteiger partial charge is 0.253 e. The molecule has 1 aromatic carbocycles. The maximum absolute atomic E-state index is 12.1. The topological polar surface area (TPSA) is 85.8 Å². The van der Waals surface area contributed by atoms with Crippen molar-refractivity contribution in [3.05, 3.63) is 35.4 Å². The van der Waals surface area contributed by atoms with E-state index in [9.17, 15) is 9.59 Å². The van der Waals surface area contributed by atoms with E-state index in [0.717, 1.165) is 24.8 Å². The summed E-state index contributed by atoms with van der Waals surface area (Å²) in [5.74, 6) is 0.780. The average molecular weight is 529 g/mol. The normalized spacial score (nSPS) is 14.4. The SMILES string of the molecule is CN=C(NCCC(=O)NC1CCCCC1)NCCc1cccc(C(=O)N(C)C)c1.I. The van der Waals surface area contributed by atoms with Crippen LogP contribution in [0, 0.1) is 0 Å². The molecular formula is C22H36IN5O2. The minimum Gasteiger partial charge on any atom is -0.356 e. The third kappa shape index (κ3) is 9.32. The molecule has 0 spiro atoms. The van der Waals surface area contributed by atoms with E-state index in [4.69, 9.17) is 0 Å². The van der Waals surface area contributed by atoms with Crippen LogP contribution in [0.5, 0.6) is 0 Å². The molecule has 1 fully saturated rings. The number of hydrogen-bond acceptors (Lipinski definition) is 3. The fourth-order valence-electron chi connectivity index (χ4n) is 3.51. The molecule has 0 heterocycles. The van der Waals surface area contributed by atoms with Crippen LogP contribution in [0.15, 0.2) is 29.3 Å². The fraction of sp³-hybridized carbons (Fsp3) is 0.591. The molecule has 0 radical (unpaired) electrons. The molecule has 8 heteroatoms. The maximum Gasteiger partial charge on any atom is 0.253 e. The van der Waals surface area contributed by atoms with Gasteiger partial charge in [0.15, 0.2) is 5.96 Å². The maximum atomic E-state index is 12.1. The summed E-state index contributed by atoms with van der Waals surface area (Å²) in [6.07, 6.45) is 7.13. The average Bonchev–Trinajstić information content (AvgIpc) is 2.73. The zero-order valence-corrected chi connectivity index (χ0v) is 20.7. The van der Waals surface area contributed by atoms with Crippen LogP contribution in [-0.2, 0) is 11.2 Å². The Labute approximate surface area is 197 Å². The molecule has 0 saturated heterocycles. The first kappa shape index (κ1) is 26.2. The highest BCUT2D eigenvalue weighted by Gasteiger charge is 2.15. The number of halogens is 1. The number of nitrogens with zero attached hydrogens (tertiary/aromatic N) is 2. The van der Waals surface area contributed by atoms with Crippen molar-refractivity contribution in [3.8, 4) is 0 Å². The summed E-state index contributed by atoms with van der Waals surface area (Å²) in [5, 5.41) is 9.57. The van der Waals surface area contributed by atoms with Crippen molar-refractivity contribution in [2.75, 3.05) is 34.2 Å². The zero-order chi connectivity index (χ0) is 21.1. The van der Waals surface area contributed by atoms with Gasteiger partial charge in [0.05, 0.1) is 0 Å². The molecule has 1 aliphatic carbocycles. The van der Waals surface area contributed by atoms with Crippen molar-refractivity contribution in [1.82, 2.24) is 20.9 Å². The van der Waals surface area contributed by atoms with E-state index in [-0.39, 0.29) is 35.8 Å². The number of carbonyl (C=O) groups is 2. The Balaban J connectivity index is 0.00000450. The number of benzene rings is 1. The molecule has 2 rings (SSSR count). The van der Waals surface area contributed by atoms with Crippen LogP contribution >= 0.6 is 24.0 Å². The van der Waals surface area contributed by atoms with E-state index >= 15 is 0 Å². The lowest BCUT2D eigenvalue weighted by Crippen LogP contribution is -2.41. The lowest BCUT2D eigenvalue weighted by Gasteiger charge is -2.22. The molecular weight excluding hydrogens is 493 g/mol. The molecule has 0 aliphatic heterocycles. The number of hydrogen-bond donors (Lipinski definition) is 3. The van der Waals surface area contributed by atoms with Gasteiger partial charge < -0.3 is 20.9 Å². The van der Waals surface area contributed by atoms with Crippen LogP contribution in [0.2, 0.25) is 0 Å². The lowest BCUT2D eigenvalue weighted by atomic mass is 9.95. The summed E-state index contributed by atoms with van der Waals surface area (Å²) < 4.78 is 0. The van der Waals surface area contributed by atoms with Gasteiger partial charge in [-0.25, -0.2) is 0 Å². The molecule has 0 bridgehead atoms. The van der Waals surface area contributed by atoms with Gasteiger partial charge in [-0.3, -0.25) is 14.6 Å². The Morgan fingerprint density at radius 3 is 2.47 bits per heavy atom. The first-order valence-corrected chi connectivity index (χ1v) is 10.5. The highest BCUT2D eigenvalue weighted by Crippen LogP contribution is 2.17. The first-order valence-electron chi connectivity index (χ1n) is 10.5. The van der Waals surface area contributed by atoms with Gasteiger partial charge in [0.25, 0.3) is 5.91 Å². The number of aliphatic imine (C=N–C) groups is 1. The molecule has 1 aromatic rings. The zero-order valence-electron chi connectivity index (χ0n) is 18.4. The van der Waals surface area contributed by atoms with Crippen LogP contribution in [0.25, 0.3) is 0 Å². The summed E-state index contributed by atoms with van der Waals surface area (Å²) in [7, 11) is 5.22. The number of guanidine groups is 1. The first-order chi connectivity index (χ1) is 14.0. The van der Waals surface area contributed by atoms with E-state index in [1.54, 1.807) is 26.0 Å². The second-order valence-electron chi connectivity index (χ2n) is 7.73. The van der Waals surface area contributed by atoms with E-state index in [1.807, 2.05) is 24.3 Å². The Hall–Kier alpha value is -1.84. The fourth-order valence-corrected chi connectivity index (χ4v) is 3.51. The van der Waals surface area contributed by atoms with Crippen molar-refractivity contribution in [1.29, 1.82) is 0 Å². The van der Waals surface area contributed by atoms with Crippen LogP contribution in [0.3, 0.4) is 0 Å². The van der Waals surface area contributed by atoms with E-state index < -0.39 is 0 Å². The second-order valence-corrected chi connectivity index (χ2v) is 7.73. The van der Waals surface area contributed by atoms with Crippen molar-refractivity contribution in [3.63, 3.8) is 0 Å². The predicted molar refractivity (Wildman–Crippen MR) is 133 cm³/mol. The van der Waals surface area contributed by atoms with Crippen molar-refractivity contribution in [2.45, 2.75) is 51.0 Å². The molecule has 0 unspecified atom stereocenters. The van der Waals surface area contributed by atoms with Gasteiger partial charge in [0, 0.05) is 52.3 Å². The molecule has 7 nitrogen and oxygen atoms in total. The van der Waals surface area contributed by atoms with Gasteiger partial charge in [-0.15, -0.1) is 24.0 Å². The molecule has 0 atom stereocenters. The molecule has 1 saturated carbocycles. The minimum absolute atomic E-state index is 0. The van der Waals surface area contributed by atoms with E-state index in [1.165, 1.54) is 19.3 Å². The van der Waals surface area contributed by atoms with Gasteiger partial charge in [-0.2, -0.15) is 0 Å². The van der Waals surface area contributed by atoms with Gasteiger partial charge in [0.1, 0.15) is 0 Å². The lowest BCUT2D eigenvalue weighted by molar-refractivity contribution is -0.121. The molecule has 3 N–H and O–H groups in total. The summed E-state index contributed by atoms with van der Waals surface area (Å²) in [6.45, 7) is 1.23. The largest absolute Gasteiger partial charge is 0.356 e. The summed E-state index contributed by atoms with van der Waals surface area (Å²) >= 11 is 0. The number of carbonyl (C=O) groups excluding carboxylic acids is 2. The quantitative estimate of drug-likeness (QED) is 0.275. The van der Waals surface area contributed by atoms with Gasteiger partial charge in [-0.05, 0) is 37.0 Å². The standard InChI is InChI=1S/C22H35N5O2.HI/c1-23-22(25-15-13-20(28)26-19-10-5-4-6-11-19)24-14-12-17-8-7-9-18(16-17)21(29)27(2)3;/h7-9,16,19H,4-6,10-15H2,1-3H3,(H,26,28)(H2,23,24,25);1H. The Kier molecular flexibility index (Phi) is 12.4. The van der Waals surface area contributed by atoms with Crippen molar-refractivity contribution >= 4 is 41.8 Å². The minimum atomic E-state index is 0. The van der Waals surface area contributed by atoms with Crippen LogP contribution in [-0.4, -0.2) is 62.9 Å². The van der Waals surface area contributed by atoms with Crippen LogP contribution < -0.4 is 16.0 Å². The number of amides is 2. The van der Waals surface area contributed by atoms with Gasteiger partial charge >= 0.3 is 0 Å². The Morgan fingerprint density at radius 1 is 1.10 bits per heavy atom. The predicted octanol–water partition coefficient (Wildman–Crippen LogP) is 2.55. The molecule has 2 amide bonds. The molecule has 168 valence electrons. The second kappa shape index (κ2) is 14.2. The summed E-state index contributed by atoms with van der Waals surface area (Å²) in [6, 6.07) is 8.03. The Bertz CT molecular complexity index is 703. The highest BCUT2D eigenvalue weighted by molar-refractivity contribution is 14.0. The number of nitrogens with one attached hydrogen (secondary N) is 3. The van der Waals surface area contributed by atoms with Crippen LogP contribution in [0.4, 0.5) is 0 Å². The monoisotopic (exact) mass is 529 g/mol. The summed E-state index contributed by atoms with van der Waals surface area (Å²) in [5.41, 5.74) is 1.78. The number of rotatable bonds is 8. The van der Waals surface area contributed by atoms with Crippen molar-refractivity contribution in [2.24, 2.45) is 4.99 Å². The summed E-state index contributed by atoms with van der Waals surface area (Å²) in [4.78, 5) is 29.9. The van der Waals surface area contributed by atoms with Crippen LogP contribution in [0.1, 0.15) is 54.4 Å².